The van der Waals surface area contributed by atoms with Gasteiger partial charge in [0.25, 0.3) is 0 Å². The van der Waals surface area contributed by atoms with E-state index in [9.17, 15) is 0 Å². The van der Waals surface area contributed by atoms with Gasteiger partial charge in [0.1, 0.15) is 5.75 Å². The van der Waals surface area contributed by atoms with Gasteiger partial charge in [-0.05, 0) is 36.4 Å². The van der Waals surface area contributed by atoms with Crippen molar-refractivity contribution >= 4 is 0 Å². The normalized spacial score (nSPS) is 14.8. The van der Waals surface area contributed by atoms with Crippen LogP contribution in [0.2, 0.25) is 0 Å². The van der Waals surface area contributed by atoms with Gasteiger partial charge in [-0.2, -0.15) is 0 Å². The molecule has 0 aromatic heterocycles. The Bertz CT molecular complexity index is 412. The predicted octanol–water partition coefficient (Wildman–Crippen LogP) is 3.67. The second-order valence-corrected chi connectivity index (χ2v) is 6.60. The minimum absolute atomic E-state index is 0.0855. The maximum absolute atomic E-state index is 5.82. The Kier molecular flexibility index (Phi) is 7.20. The molecule has 2 unspecified atom stereocenters. The molecule has 0 aliphatic carbocycles. The summed E-state index contributed by atoms with van der Waals surface area (Å²) in [5.41, 5.74) is 1.31. The summed E-state index contributed by atoms with van der Waals surface area (Å²) in [5, 5.41) is 3.65. The third kappa shape index (κ3) is 5.33. The molecule has 1 aromatic carbocycles. The second kappa shape index (κ2) is 8.40. The minimum atomic E-state index is 0.0855. The van der Waals surface area contributed by atoms with Crippen LogP contribution in [0.4, 0.5) is 0 Å². The van der Waals surface area contributed by atoms with Crippen LogP contribution >= 0.6 is 0 Å². The summed E-state index contributed by atoms with van der Waals surface area (Å²) in [6.45, 7) is 9.86. The molecule has 2 atom stereocenters. The Morgan fingerprint density at radius 2 is 1.81 bits per heavy atom. The van der Waals surface area contributed by atoms with Gasteiger partial charge in [0.2, 0.25) is 0 Å². The number of hydrogen-bond acceptors (Lipinski definition) is 3. The summed E-state index contributed by atoms with van der Waals surface area (Å²) in [7, 11) is 3.53. The summed E-state index contributed by atoms with van der Waals surface area (Å²) < 4.78 is 11.3. The maximum Gasteiger partial charge on any atom is 0.122 e. The Morgan fingerprint density at radius 1 is 1.14 bits per heavy atom. The number of para-hydroxylation sites is 1. The lowest BCUT2D eigenvalue weighted by atomic mass is 9.82. The number of hydrogen-bond donors (Lipinski definition) is 1. The van der Waals surface area contributed by atoms with Gasteiger partial charge in [0.15, 0.2) is 0 Å². The topological polar surface area (TPSA) is 30.5 Å². The van der Waals surface area contributed by atoms with Crippen molar-refractivity contribution in [1.82, 2.24) is 5.32 Å². The molecular formula is C18H31NO2. The average Bonchev–Trinajstić information content (AvgIpc) is 2.44. The van der Waals surface area contributed by atoms with E-state index in [4.69, 9.17) is 9.47 Å². The molecule has 120 valence electrons. The predicted molar refractivity (Wildman–Crippen MR) is 89.0 cm³/mol. The molecule has 0 spiro atoms. The zero-order valence-electron chi connectivity index (χ0n) is 14.4. The van der Waals surface area contributed by atoms with Crippen molar-refractivity contribution in [2.75, 3.05) is 20.8 Å². The Hall–Kier alpha value is -1.06. The quantitative estimate of drug-likeness (QED) is 0.793. The van der Waals surface area contributed by atoms with Crippen LogP contribution in [-0.4, -0.2) is 32.9 Å². The molecule has 0 amide bonds. The van der Waals surface area contributed by atoms with Crippen molar-refractivity contribution in [1.29, 1.82) is 0 Å². The van der Waals surface area contributed by atoms with Gasteiger partial charge in [0, 0.05) is 13.2 Å². The third-order valence-corrected chi connectivity index (χ3v) is 3.76. The van der Waals surface area contributed by atoms with Crippen molar-refractivity contribution in [3.05, 3.63) is 29.8 Å². The third-order valence-electron chi connectivity index (χ3n) is 3.76. The molecule has 0 fully saturated rings. The minimum Gasteiger partial charge on any atom is -0.496 e. The van der Waals surface area contributed by atoms with Gasteiger partial charge in [-0.25, -0.2) is 0 Å². The lowest BCUT2D eigenvalue weighted by Gasteiger charge is -2.37. The first-order valence-electron chi connectivity index (χ1n) is 7.82. The van der Waals surface area contributed by atoms with Crippen molar-refractivity contribution in [2.45, 2.75) is 52.7 Å². The molecular weight excluding hydrogens is 262 g/mol. The molecule has 1 rings (SSSR count). The SMILES string of the molecule is CCCNC(Cc1ccccc1OC)C(OC)C(C)(C)C. The van der Waals surface area contributed by atoms with E-state index in [1.807, 2.05) is 12.1 Å². The first-order valence-corrected chi connectivity index (χ1v) is 7.82. The lowest BCUT2D eigenvalue weighted by Crippen LogP contribution is -2.49. The number of ether oxygens (including phenoxy) is 2. The van der Waals surface area contributed by atoms with Crippen molar-refractivity contribution < 1.29 is 9.47 Å². The van der Waals surface area contributed by atoms with Crippen LogP contribution in [0.3, 0.4) is 0 Å². The number of rotatable bonds is 8. The number of nitrogens with one attached hydrogen (secondary N) is 1. The molecule has 21 heavy (non-hydrogen) atoms. The average molecular weight is 293 g/mol. The van der Waals surface area contributed by atoms with Gasteiger partial charge < -0.3 is 14.8 Å². The Labute approximate surface area is 130 Å². The molecule has 0 aliphatic heterocycles. The van der Waals surface area contributed by atoms with E-state index in [0.29, 0.717) is 0 Å². The summed E-state index contributed by atoms with van der Waals surface area (Å²) in [5.74, 6) is 0.949. The van der Waals surface area contributed by atoms with Gasteiger partial charge in [0.05, 0.1) is 13.2 Å². The summed E-state index contributed by atoms with van der Waals surface area (Å²) in [6, 6.07) is 8.49. The van der Waals surface area contributed by atoms with Crippen molar-refractivity contribution in [3.63, 3.8) is 0 Å². The van der Waals surface area contributed by atoms with Crippen LogP contribution in [0.5, 0.6) is 5.75 Å². The highest BCUT2D eigenvalue weighted by Crippen LogP contribution is 2.28. The Morgan fingerprint density at radius 3 is 2.33 bits per heavy atom. The molecule has 0 heterocycles. The smallest absolute Gasteiger partial charge is 0.122 e. The number of benzene rings is 1. The lowest BCUT2D eigenvalue weighted by molar-refractivity contribution is -0.0110. The largest absolute Gasteiger partial charge is 0.496 e. The molecule has 3 heteroatoms. The standard InChI is InChI=1S/C18H31NO2/c1-7-12-19-15(17(21-6)18(2,3)4)13-14-10-8-9-11-16(14)20-5/h8-11,15,17,19H,7,12-13H2,1-6H3. The zero-order chi connectivity index (χ0) is 15.9. The fourth-order valence-corrected chi connectivity index (χ4v) is 2.85. The van der Waals surface area contributed by atoms with Crippen LogP contribution < -0.4 is 10.1 Å². The molecule has 0 radical (unpaired) electrons. The van der Waals surface area contributed by atoms with E-state index in [-0.39, 0.29) is 17.6 Å². The van der Waals surface area contributed by atoms with E-state index in [2.05, 4.69) is 45.1 Å². The molecule has 0 bridgehead atoms. The van der Waals surface area contributed by atoms with E-state index in [0.717, 1.165) is 25.1 Å². The highest BCUT2D eigenvalue weighted by Gasteiger charge is 2.32. The highest BCUT2D eigenvalue weighted by molar-refractivity contribution is 5.34. The van der Waals surface area contributed by atoms with Crippen LogP contribution in [0, 0.1) is 5.41 Å². The monoisotopic (exact) mass is 293 g/mol. The van der Waals surface area contributed by atoms with Crippen molar-refractivity contribution in [2.24, 2.45) is 5.41 Å². The zero-order valence-corrected chi connectivity index (χ0v) is 14.4. The number of methoxy groups -OCH3 is 2. The Balaban J connectivity index is 2.96. The van der Waals surface area contributed by atoms with Crippen LogP contribution in [-0.2, 0) is 11.2 Å². The molecule has 3 nitrogen and oxygen atoms in total. The summed E-state index contributed by atoms with van der Waals surface area (Å²) >= 11 is 0. The van der Waals surface area contributed by atoms with Crippen LogP contribution in [0.25, 0.3) is 0 Å². The summed E-state index contributed by atoms with van der Waals surface area (Å²) in [4.78, 5) is 0. The maximum atomic E-state index is 5.82. The van der Waals surface area contributed by atoms with Crippen LogP contribution in [0.15, 0.2) is 24.3 Å². The molecule has 0 aliphatic rings. The second-order valence-electron chi connectivity index (χ2n) is 6.60. The first kappa shape index (κ1) is 18.0. The van der Waals surface area contributed by atoms with Crippen molar-refractivity contribution in [3.8, 4) is 5.75 Å². The fraction of sp³-hybridized carbons (Fsp3) is 0.667. The highest BCUT2D eigenvalue weighted by atomic mass is 16.5. The van der Waals surface area contributed by atoms with Gasteiger partial charge in [-0.15, -0.1) is 0 Å². The van der Waals surface area contributed by atoms with Crippen LogP contribution in [0.1, 0.15) is 39.7 Å². The molecule has 0 saturated carbocycles. The fourth-order valence-electron chi connectivity index (χ4n) is 2.85. The van der Waals surface area contributed by atoms with Gasteiger partial charge >= 0.3 is 0 Å². The summed E-state index contributed by atoms with van der Waals surface area (Å²) in [6.07, 6.45) is 2.16. The van der Waals surface area contributed by atoms with Gasteiger partial charge in [-0.1, -0.05) is 45.9 Å². The van der Waals surface area contributed by atoms with E-state index in [1.54, 1.807) is 14.2 Å². The van der Waals surface area contributed by atoms with Gasteiger partial charge in [-0.3, -0.25) is 0 Å². The van der Waals surface area contributed by atoms with E-state index >= 15 is 0 Å². The molecule has 0 saturated heterocycles. The molecule has 1 N–H and O–H groups in total. The molecule has 1 aromatic rings. The van der Waals surface area contributed by atoms with E-state index < -0.39 is 0 Å². The van der Waals surface area contributed by atoms with E-state index in [1.165, 1.54) is 5.56 Å². The first-order chi connectivity index (χ1) is 9.93.